The van der Waals surface area contributed by atoms with E-state index in [0.29, 0.717) is 21.6 Å². The monoisotopic (exact) mass is 427 g/mol. The first-order valence-electron chi connectivity index (χ1n) is 7.28. The Hall–Kier alpha value is -1.38. The minimum absolute atomic E-state index is 0.251. The molecule has 0 aliphatic rings. The summed E-state index contributed by atoms with van der Waals surface area (Å²) in [5.41, 5.74) is 1.36. The zero-order valence-electron chi connectivity index (χ0n) is 13.3. The minimum atomic E-state index is -0.610. The van der Waals surface area contributed by atoms with Crippen LogP contribution in [-0.2, 0) is 4.79 Å². The number of hydrogen-bond acceptors (Lipinski definition) is 5. The average Bonchev–Trinajstić information content (AvgIpc) is 2.96. The zero-order valence-corrected chi connectivity index (χ0v) is 16.6. The Bertz CT molecular complexity index is 721. The van der Waals surface area contributed by atoms with Crippen LogP contribution in [0.25, 0.3) is 0 Å². The van der Waals surface area contributed by atoms with Gasteiger partial charge in [-0.1, -0.05) is 12.1 Å². The fourth-order valence-electron chi connectivity index (χ4n) is 1.99. The summed E-state index contributed by atoms with van der Waals surface area (Å²) >= 11 is 6.36. The standard InChI is InChI=1S/C16H18BrN3O2S2/c1-10-9-24-16(18-10)20-15(22)13(7-8-23-2)19-14(21)11-5-3-4-6-12(11)17/h3-6,9,13H,7-8H2,1-2H3,(H,19,21)(H,18,20,22). The number of nitrogens with one attached hydrogen (secondary N) is 2. The highest BCUT2D eigenvalue weighted by Gasteiger charge is 2.22. The van der Waals surface area contributed by atoms with E-state index in [4.69, 9.17) is 0 Å². The van der Waals surface area contributed by atoms with Gasteiger partial charge in [0.2, 0.25) is 5.91 Å². The summed E-state index contributed by atoms with van der Waals surface area (Å²) in [5.74, 6) is 0.239. The number of halogens is 1. The predicted octanol–water partition coefficient (Wildman–Crippen LogP) is 3.70. The molecule has 1 unspecified atom stereocenters. The number of rotatable bonds is 7. The lowest BCUT2D eigenvalue weighted by molar-refractivity contribution is -0.118. The van der Waals surface area contributed by atoms with E-state index < -0.39 is 6.04 Å². The molecule has 8 heteroatoms. The van der Waals surface area contributed by atoms with Crippen LogP contribution in [0.1, 0.15) is 22.5 Å². The Labute approximate surface area is 157 Å². The Morgan fingerprint density at radius 1 is 1.38 bits per heavy atom. The molecule has 2 amide bonds. The number of aryl methyl sites for hydroxylation is 1. The van der Waals surface area contributed by atoms with Crippen LogP contribution in [0.5, 0.6) is 0 Å². The van der Waals surface area contributed by atoms with Gasteiger partial charge in [-0.25, -0.2) is 4.98 Å². The first kappa shape index (κ1) is 19.0. The van der Waals surface area contributed by atoms with Crippen molar-refractivity contribution >= 4 is 56.0 Å². The minimum Gasteiger partial charge on any atom is -0.340 e. The average molecular weight is 428 g/mol. The lowest BCUT2D eigenvalue weighted by atomic mass is 10.1. The molecule has 0 bridgehead atoms. The number of thioether (sulfide) groups is 1. The molecule has 2 rings (SSSR count). The molecule has 128 valence electrons. The number of hydrogen-bond donors (Lipinski definition) is 2. The van der Waals surface area contributed by atoms with Gasteiger partial charge in [0.15, 0.2) is 5.13 Å². The van der Waals surface area contributed by atoms with Crippen LogP contribution < -0.4 is 10.6 Å². The number of aromatic nitrogens is 1. The van der Waals surface area contributed by atoms with Gasteiger partial charge in [0, 0.05) is 9.85 Å². The summed E-state index contributed by atoms with van der Waals surface area (Å²) in [6.45, 7) is 1.87. The number of anilines is 1. The zero-order chi connectivity index (χ0) is 17.5. The quantitative estimate of drug-likeness (QED) is 0.706. The summed E-state index contributed by atoms with van der Waals surface area (Å²) in [4.78, 5) is 29.2. The fourth-order valence-corrected chi connectivity index (χ4v) is 3.62. The second kappa shape index (κ2) is 9.19. The molecule has 1 heterocycles. The van der Waals surface area contributed by atoms with Gasteiger partial charge >= 0.3 is 0 Å². The molecule has 2 aromatic rings. The number of carbonyl (C=O) groups is 2. The molecular weight excluding hydrogens is 410 g/mol. The van der Waals surface area contributed by atoms with E-state index in [2.05, 4.69) is 31.5 Å². The second-order valence-electron chi connectivity index (χ2n) is 5.07. The molecule has 5 nitrogen and oxygen atoms in total. The Balaban J connectivity index is 2.08. The first-order valence-corrected chi connectivity index (χ1v) is 10.3. The number of thiazole rings is 1. The van der Waals surface area contributed by atoms with E-state index in [0.717, 1.165) is 11.4 Å². The maximum Gasteiger partial charge on any atom is 0.253 e. The normalized spacial score (nSPS) is 11.8. The Morgan fingerprint density at radius 2 is 2.12 bits per heavy atom. The Kier molecular flexibility index (Phi) is 7.26. The maximum absolute atomic E-state index is 12.5. The lowest BCUT2D eigenvalue weighted by Gasteiger charge is -2.17. The van der Waals surface area contributed by atoms with Gasteiger partial charge in [-0.15, -0.1) is 11.3 Å². The third kappa shape index (κ3) is 5.32. The third-order valence-corrected chi connectivity index (χ3v) is 5.41. The van der Waals surface area contributed by atoms with E-state index in [1.54, 1.807) is 30.0 Å². The highest BCUT2D eigenvalue weighted by molar-refractivity contribution is 9.10. The lowest BCUT2D eigenvalue weighted by Crippen LogP contribution is -2.44. The predicted molar refractivity (Wildman–Crippen MR) is 104 cm³/mol. The van der Waals surface area contributed by atoms with Crippen molar-refractivity contribution in [1.29, 1.82) is 0 Å². The van der Waals surface area contributed by atoms with Crippen LogP contribution >= 0.6 is 39.0 Å². The van der Waals surface area contributed by atoms with Crippen LogP contribution in [0, 0.1) is 6.92 Å². The van der Waals surface area contributed by atoms with Crippen molar-refractivity contribution in [3.63, 3.8) is 0 Å². The molecule has 0 aliphatic carbocycles. The molecule has 0 radical (unpaired) electrons. The molecular formula is C16H18BrN3O2S2. The molecule has 0 spiro atoms. The van der Waals surface area contributed by atoms with Crippen molar-refractivity contribution in [2.24, 2.45) is 0 Å². The van der Waals surface area contributed by atoms with Crippen LogP contribution in [0.15, 0.2) is 34.1 Å². The molecule has 0 saturated carbocycles. The molecule has 1 aromatic carbocycles. The number of benzene rings is 1. The summed E-state index contributed by atoms with van der Waals surface area (Å²) in [6.07, 6.45) is 2.52. The summed E-state index contributed by atoms with van der Waals surface area (Å²) in [5, 5.41) is 8.00. The van der Waals surface area contributed by atoms with E-state index in [9.17, 15) is 9.59 Å². The highest BCUT2D eigenvalue weighted by atomic mass is 79.9. The van der Waals surface area contributed by atoms with Crippen LogP contribution in [0.4, 0.5) is 5.13 Å². The van der Waals surface area contributed by atoms with Gasteiger partial charge in [0.05, 0.1) is 11.3 Å². The molecule has 1 atom stereocenters. The van der Waals surface area contributed by atoms with E-state index in [1.807, 2.05) is 24.6 Å². The SMILES string of the molecule is CSCCC(NC(=O)c1ccccc1Br)C(=O)Nc1nc(C)cs1. The van der Waals surface area contributed by atoms with Crippen molar-refractivity contribution in [3.05, 3.63) is 45.4 Å². The Morgan fingerprint density at radius 3 is 2.75 bits per heavy atom. The topological polar surface area (TPSA) is 71.1 Å². The molecule has 0 fully saturated rings. The maximum atomic E-state index is 12.5. The fraction of sp³-hybridized carbons (Fsp3) is 0.312. The van der Waals surface area contributed by atoms with Crippen molar-refractivity contribution in [1.82, 2.24) is 10.3 Å². The van der Waals surface area contributed by atoms with Gasteiger partial charge < -0.3 is 10.6 Å². The van der Waals surface area contributed by atoms with Crippen LogP contribution in [0.3, 0.4) is 0 Å². The number of nitrogens with zero attached hydrogens (tertiary/aromatic N) is 1. The second-order valence-corrected chi connectivity index (χ2v) is 7.77. The van der Waals surface area contributed by atoms with Gasteiger partial charge in [-0.3, -0.25) is 9.59 Å². The van der Waals surface area contributed by atoms with Gasteiger partial charge in [-0.2, -0.15) is 11.8 Å². The van der Waals surface area contributed by atoms with Crippen LogP contribution in [0.2, 0.25) is 0 Å². The first-order chi connectivity index (χ1) is 11.5. The molecule has 24 heavy (non-hydrogen) atoms. The molecule has 2 N–H and O–H groups in total. The van der Waals surface area contributed by atoms with Gasteiger partial charge in [-0.05, 0) is 53.4 Å². The summed E-state index contributed by atoms with van der Waals surface area (Å²) in [7, 11) is 0. The van der Waals surface area contributed by atoms with Crippen molar-refractivity contribution in [2.75, 3.05) is 17.3 Å². The molecule has 0 saturated heterocycles. The van der Waals surface area contributed by atoms with E-state index in [1.165, 1.54) is 11.3 Å². The van der Waals surface area contributed by atoms with E-state index in [-0.39, 0.29) is 11.8 Å². The van der Waals surface area contributed by atoms with Crippen molar-refractivity contribution in [2.45, 2.75) is 19.4 Å². The number of carbonyl (C=O) groups excluding carboxylic acids is 2. The highest BCUT2D eigenvalue weighted by Crippen LogP contribution is 2.17. The largest absolute Gasteiger partial charge is 0.340 e. The summed E-state index contributed by atoms with van der Waals surface area (Å²) < 4.78 is 0.696. The van der Waals surface area contributed by atoms with Gasteiger partial charge in [0.1, 0.15) is 6.04 Å². The van der Waals surface area contributed by atoms with Crippen LogP contribution in [-0.4, -0.2) is 34.8 Å². The van der Waals surface area contributed by atoms with Gasteiger partial charge in [0.25, 0.3) is 5.91 Å². The number of amides is 2. The van der Waals surface area contributed by atoms with Crippen molar-refractivity contribution in [3.8, 4) is 0 Å². The molecule has 0 aliphatic heterocycles. The smallest absolute Gasteiger partial charge is 0.253 e. The van der Waals surface area contributed by atoms with Crippen molar-refractivity contribution < 1.29 is 9.59 Å². The summed E-state index contributed by atoms with van der Waals surface area (Å²) in [6, 6.07) is 6.52. The third-order valence-electron chi connectivity index (χ3n) is 3.20. The molecule has 1 aromatic heterocycles. The van der Waals surface area contributed by atoms with E-state index >= 15 is 0 Å².